The Kier molecular flexibility index (Phi) is 4.81. The maximum Gasteiger partial charge on any atom is 0.410 e. The van der Waals surface area contributed by atoms with E-state index in [1.54, 1.807) is 41.4 Å². The molecule has 1 aliphatic heterocycles. The van der Waals surface area contributed by atoms with Crippen LogP contribution in [0.1, 0.15) is 47.0 Å². The number of carbonyl (C=O) groups excluding carboxylic acids is 1. The molecule has 0 saturated heterocycles. The van der Waals surface area contributed by atoms with Crippen molar-refractivity contribution in [2.24, 2.45) is 7.05 Å². The normalized spacial score (nSPS) is 18.5. The van der Waals surface area contributed by atoms with Gasteiger partial charge in [-0.25, -0.2) is 14.2 Å². The zero-order valence-electron chi connectivity index (χ0n) is 19.3. The number of aryl methyl sites for hydroxylation is 3. The van der Waals surface area contributed by atoms with Gasteiger partial charge in [-0.05, 0) is 40.2 Å². The molecule has 0 radical (unpaired) electrons. The van der Waals surface area contributed by atoms with E-state index in [-0.39, 0.29) is 17.9 Å². The number of nitrogens with zero attached hydrogens (tertiary/aromatic N) is 8. The molecule has 34 heavy (non-hydrogen) atoms. The second-order valence-corrected chi connectivity index (χ2v) is 8.70. The molecule has 9 nitrogen and oxygen atoms in total. The highest BCUT2D eigenvalue weighted by Crippen LogP contribution is 2.42. The van der Waals surface area contributed by atoms with Gasteiger partial charge in [0.2, 0.25) is 0 Å². The van der Waals surface area contributed by atoms with Gasteiger partial charge in [0.05, 0.1) is 17.1 Å². The van der Waals surface area contributed by atoms with Gasteiger partial charge in [-0.1, -0.05) is 0 Å². The number of carbonyl (C=O) groups is 1. The Morgan fingerprint density at radius 1 is 1.12 bits per heavy atom. The summed E-state index contributed by atoms with van der Waals surface area (Å²) in [5.74, 6) is -0.405. The lowest BCUT2D eigenvalue weighted by atomic mass is 10.0. The van der Waals surface area contributed by atoms with Crippen molar-refractivity contribution in [3.8, 4) is 11.3 Å². The number of fused-ring (bicyclic) bond motifs is 2. The van der Waals surface area contributed by atoms with Crippen LogP contribution < -0.4 is 4.90 Å². The lowest BCUT2D eigenvalue weighted by Gasteiger charge is -2.38. The van der Waals surface area contributed by atoms with E-state index >= 15 is 0 Å². The third-order valence-corrected chi connectivity index (χ3v) is 6.32. The van der Waals surface area contributed by atoms with Gasteiger partial charge in [0.1, 0.15) is 5.82 Å². The molecule has 178 valence electrons. The Balaban J connectivity index is 1.60. The molecule has 0 unspecified atom stereocenters. The van der Waals surface area contributed by atoms with Gasteiger partial charge in [0.25, 0.3) is 5.91 Å². The smallest absolute Gasteiger partial charge is 0.289 e. The van der Waals surface area contributed by atoms with Gasteiger partial charge in [-0.15, -0.1) is 0 Å². The minimum absolute atomic E-state index is 0.0851. The highest BCUT2D eigenvalue weighted by Gasteiger charge is 2.48. The third kappa shape index (κ3) is 3.27. The fraction of sp³-hybridized carbons (Fsp3) is 0.409. The van der Waals surface area contributed by atoms with Crippen LogP contribution in [0.25, 0.3) is 16.9 Å². The molecule has 0 bridgehead atoms. The minimum Gasteiger partial charge on any atom is -0.289 e. The van der Waals surface area contributed by atoms with Gasteiger partial charge in [-0.2, -0.15) is 28.5 Å². The van der Waals surface area contributed by atoms with E-state index in [9.17, 15) is 18.0 Å². The molecule has 12 heteroatoms. The van der Waals surface area contributed by atoms with Crippen molar-refractivity contribution < 1.29 is 18.0 Å². The Hall–Kier alpha value is -3.70. The second kappa shape index (κ2) is 7.40. The van der Waals surface area contributed by atoms with E-state index in [1.165, 1.54) is 11.0 Å². The molecule has 0 aromatic carbocycles. The molecule has 4 aromatic heterocycles. The van der Waals surface area contributed by atoms with E-state index in [1.807, 2.05) is 20.9 Å². The first-order chi connectivity index (χ1) is 16.0. The molecule has 1 aliphatic rings. The fourth-order valence-electron chi connectivity index (χ4n) is 4.70. The summed E-state index contributed by atoms with van der Waals surface area (Å²) in [4.78, 5) is 19.2. The standard InChI is InChI=1S/C22H23F3N8O/c1-11-8-19-31(12(2)9-17(22(23,24)25)33(19)27-11)21(34)15-10-18-26-7-6-16(32(18)29-15)20-13(3)28-30(5)14(20)4/h6-8,10,12,17H,9H2,1-5H3/t12-,17+/m1/s1. The number of rotatable bonds is 2. The van der Waals surface area contributed by atoms with Gasteiger partial charge in [0.15, 0.2) is 17.4 Å². The van der Waals surface area contributed by atoms with Crippen molar-refractivity contribution in [2.45, 2.75) is 52.4 Å². The van der Waals surface area contributed by atoms with Gasteiger partial charge in [0, 0.05) is 42.7 Å². The summed E-state index contributed by atoms with van der Waals surface area (Å²) in [6.07, 6.45) is -3.14. The van der Waals surface area contributed by atoms with Crippen molar-refractivity contribution in [1.82, 2.24) is 34.2 Å². The van der Waals surface area contributed by atoms with Crippen LogP contribution in [0.5, 0.6) is 0 Å². The summed E-state index contributed by atoms with van der Waals surface area (Å²) in [5, 5.41) is 13.0. The Morgan fingerprint density at radius 2 is 1.85 bits per heavy atom. The minimum atomic E-state index is -4.47. The lowest BCUT2D eigenvalue weighted by molar-refractivity contribution is -0.174. The zero-order valence-corrected chi connectivity index (χ0v) is 19.3. The first-order valence-corrected chi connectivity index (χ1v) is 10.8. The SMILES string of the molecule is Cc1cc2n(n1)[C@H](C(F)(F)F)C[C@@H](C)N2C(=O)c1cc2nccc(-c3c(C)nn(C)c3C)n2n1. The predicted molar refractivity (Wildman–Crippen MR) is 118 cm³/mol. The molecule has 0 N–H and O–H groups in total. The highest BCUT2D eigenvalue weighted by atomic mass is 19.4. The average molecular weight is 472 g/mol. The van der Waals surface area contributed by atoms with E-state index < -0.39 is 24.2 Å². The van der Waals surface area contributed by atoms with Gasteiger partial charge >= 0.3 is 6.18 Å². The van der Waals surface area contributed by atoms with E-state index in [2.05, 4.69) is 20.3 Å². The van der Waals surface area contributed by atoms with E-state index in [4.69, 9.17) is 0 Å². The maximum atomic E-state index is 13.7. The van der Waals surface area contributed by atoms with Crippen molar-refractivity contribution in [2.75, 3.05) is 4.90 Å². The summed E-state index contributed by atoms with van der Waals surface area (Å²) in [6.45, 7) is 7.03. The molecule has 2 atom stereocenters. The van der Waals surface area contributed by atoms with Crippen molar-refractivity contribution in [3.05, 3.63) is 47.2 Å². The van der Waals surface area contributed by atoms with Crippen LogP contribution in [0.3, 0.4) is 0 Å². The summed E-state index contributed by atoms with van der Waals surface area (Å²) >= 11 is 0. The molecular weight excluding hydrogens is 449 g/mol. The van der Waals surface area contributed by atoms with Crippen LogP contribution in [0.2, 0.25) is 0 Å². The zero-order chi connectivity index (χ0) is 24.5. The lowest BCUT2D eigenvalue weighted by Crippen LogP contribution is -2.48. The molecule has 4 aromatic rings. The molecule has 0 saturated carbocycles. The van der Waals surface area contributed by atoms with Crippen molar-refractivity contribution in [3.63, 3.8) is 0 Å². The van der Waals surface area contributed by atoms with Gasteiger partial charge in [-0.3, -0.25) is 14.4 Å². The average Bonchev–Trinajstić information content (AvgIpc) is 3.41. The number of anilines is 1. The summed E-state index contributed by atoms with van der Waals surface area (Å²) in [7, 11) is 1.85. The Morgan fingerprint density at radius 3 is 2.50 bits per heavy atom. The topological polar surface area (TPSA) is 86.1 Å². The molecule has 5 rings (SSSR count). The molecule has 0 fully saturated rings. The highest BCUT2D eigenvalue weighted by molar-refractivity contribution is 6.05. The molecule has 5 heterocycles. The van der Waals surface area contributed by atoms with Crippen LogP contribution in [-0.2, 0) is 7.05 Å². The fourth-order valence-corrected chi connectivity index (χ4v) is 4.70. The number of alkyl halides is 3. The monoisotopic (exact) mass is 472 g/mol. The largest absolute Gasteiger partial charge is 0.410 e. The summed E-state index contributed by atoms with van der Waals surface area (Å²) < 4.78 is 45.2. The number of hydrogen-bond acceptors (Lipinski definition) is 5. The van der Waals surface area contributed by atoms with Crippen LogP contribution in [0.15, 0.2) is 24.4 Å². The van der Waals surface area contributed by atoms with E-state index in [0.29, 0.717) is 11.3 Å². The number of hydrogen-bond donors (Lipinski definition) is 0. The van der Waals surface area contributed by atoms with Crippen molar-refractivity contribution in [1.29, 1.82) is 0 Å². The third-order valence-electron chi connectivity index (χ3n) is 6.32. The predicted octanol–water partition coefficient (Wildman–Crippen LogP) is 3.79. The summed E-state index contributed by atoms with van der Waals surface area (Å²) in [5.41, 5.74) is 4.26. The van der Waals surface area contributed by atoms with Crippen LogP contribution in [0, 0.1) is 20.8 Å². The van der Waals surface area contributed by atoms with Gasteiger partial charge < -0.3 is 0 Å². The van der Waals surface area contributed by atoms with E-state index in [0.717, 1.165) is 27.3 Å². The molecular formula is C22H23F3N8O. The maximum absolute atomic E-state index is 13.7. The Bertz CT molecular complexity index is 1430. The molecule has 0 aliphatic carbocycles. The van der Waals surface area contributed by atoms with Crippen LogP contribution >= 0.6 is 0 Å². The first-order valence-electron chi connectivity index (χ1n) is 10.8. The molecule has 0 spiro atoms. The molecule has 1 amide bonds. The quantitative estimate of drug-likeness (QED) is 0.443. The Labute approximate surface area is 192 Å². The van der Waals surface area contributed by atoms with Crippen LogP contribution in [-0.4, -0.2) is 52.3 Å². The van der Waals surface area contributed by atoms with Crippen molar-refractivity contribution >= 4 is 17.4 Å². The first kappa shape index (κ1) is 22.1. The second-order valence-electron chi connectivity index (χ2n) is 8.70. The number of amides is 1. The summed E-state index contributed by atoms with van der Waals surface area (Å²) in [6, 6.07) is 2.34. The van der Waals surface area contributed by atoms with Crippen LogP contribution in [0.4, 0.5) is 19.0 Å². The number of halogens is 3. The number of aromatic nitrogens is 7.